The topological polar surface area (TPSA) is 70.1 Å². The summed E-state index contributed by atoms with van der Waals surface area (Å²) in [4.78, 5) is 19.4. The average molecular weight is 404 g/mol. The van der Waals surface area contributed by atoms with Crippen LogP contribution in [0.2, 0.25) is 0 Å². The van der Waals surface area contributed by atoms with Crippen LogP contribution in [-0.2, 0) is 0 Å². The summed E-state index contributed by atoms with van der Waals surface area (Å²) in [5, 5.41) is 4.29. The summed E-state index contributed by atoms with van der Waals surface area (Å²) >= 11 is 0. The van der Waals surface area contributed by atoms with Crippen molar-refractivity contribution in [1.82, 2.24) is 9.88 Å². The molecule has 3 aromatic carbocycles. The average Bonchev–Trinajstić information content (AvgIpc) is 3.22. The van der Waals surface area contributed by atoms with Crippen LogP contribution in [0.25, 0.3) is 32.4 Å². The van der Waals surface area contributed by atoms with E-state index in [-0.39, 0.29) is 12.7 Å². The van der Waals surface area contributed by atoms with Crippen LogP contribution in [0.3, 0.4) is 0 Å². The van der Waals surface area contributed by atoms with E-state index in [1.165, 1.54) is 0 Å². The second-order valence-corrected chi connectivity index (χ2v) is 7.32. The standard InChI is InChI=1S/C23H20N2O5/c1-25(2)23(26)15-5-12-6-18(27-3)19(28-4)7-13(12)16-10-24-17-9-21-20(29-11-30-21)8-14(17)22(15)16/h5-10H,11H2,1-4H3. The van der Waals surface area contributed by atoms with Crippen LogP contribution in [0.15, 0.2) is 36.5 Å². The van der Waals surface area contributed by atoms with Crippen LogP contribution < -0.4 is 18.9 Å². The molecule has 1 aliphatic rings. The monoisotopic (exact) mass is 404 g/mol. The van der Waals surface area contributed by atoms with E-state index < -0.39 is 0 Å². The lowest BCUT2D eigenvalue weighted by molar-refractivity contribution is 0.0829. The minimum Gasteiger partial charge on any atom is -0.493 e. The number of aromatic nitrogens is 1. The first kappa shape index (κ1) is 18.3. The largest absolute Gasteiger partial charge is 0.493 e. The summed E-state index contributed by atoms with van der Waals surface area (Å²) in [6, 6.07) is 9.43. The quantitative estimate of drug-likeness (QED) is 0.481. The Morgan fingerprint density at radius 1 is 0.933 bits per heavy atom. The zero-order chi connectivity index (χ0) is 21.0. The van der Waals surface area contributed by atoms with Crippen molar-refractivity contribution in [3.05, 3.63) is 42.1 Å². The van der Waals surface area contributed by atoms with Gasteiger partial charge in [0.2, 0.25) is 6.79 Å². The number of rotatable bonds is 3. The molecule has 0 saturated heterocycles. The van der Waals surface area contributed by atoms with Crippen molar-refractivity contribution in [1.29, 1.82) is 0 Å². The fourth-order valence-corrected chi connectivity index (χ4v) is 3.96. The van der Waals surface area contributed by atoms with Gasteiger partial charge in [-0.1, -0.05) is 0 Å². The van der Waals surface area contributed by atoms with Gasteiger partial charge in [0.1, 0.15) is 0 Å². The molecular formula is C23H20N2O5. The third-order valence-electron chi connectivity index (χ3n) is 5.41. The highest BCUT2D eigenvalue weighted by Crippen LogP contribution is 2.42. The van der Waals surface area contributed by atoms with E-state index in [1.54, 1.807) is 39.4 Å². The highest BCUT2D eigenvalue weighted by atomic mass is 16.7. The fourth-order valence-electron chi connectivity index (χ4n) is 3.96. The van der Waals surface area contributed by atoms with Gasteiger partial charge >= 0.3 is 0 Å². The first-order chi connectivity index (χ1) is 14.5. The summed E-state index contributed by atoms with van der Waals surface area (Å²) in [6.07, 6.45) is 1.79. The lowest BCUT2D eigenvalue weighted by Crippen LogP contribution is -2.22. The van der Waals surface area contributed by atoms with Crippen LogP contribution in [0, 0.1) is 0 Å². The predicted octanol–water partition coefficient (Wildman–Crippen LogP) is 3.99. The second-order valence-electron chi connectivity index (χ2n) is 7.32. The molecule has 0 N–H and O–H groups in total. The maximum Gasteiger partial charge on any atom is 0.254 e. The summed E-state index contributed by atoms with van der Waals surface area (Å²) < 4.78 is 22.0. The van der Waals surface area contributed by atoms with Crippen LogP contribution >= 0.6 is 0 Å². The third kappa shape index (κ3) is 2.58. The maximum absolute atomic E-state index is 13.2. The van der Waals surface area contributed by atoms with Gasteiger partial charge in [-0.15, -0.1) is 0 Å². The molecule has 7 heteroatoms. The van der Waals surface area contributed by atoms with E-state index in [0.29, 0.717) is 28.6 Å². The molecule has 0 spiro atoms. The molecule has 0 aliphatic carbocycles. The lowest BCUT2D eigenvalue weighted by Gasteiger charge is -2.17. The van der Waals surface area contributed by atoms with Crippen LogP contribution in [0.5, 0.6) is 23.0 Å². The van der Waals surface area contributed by atoms with Gasteiger partial charge in [0, 0.05) is 48.1 Å². The zero-order valence-electron chi connectivity index (χ0n) is 17.1. The van der Waals surface area contributed by atoms with E-state index in [0.717, 1.165) is 32.4 Å². The Bertz CT molecular complexity index is 1350. The number of carbonyl (C=O) groups is 1. The van der Waals surface area contributed by atoms with Crippen LogP contribution in [0.4, 0.5) is 0 Å². The summed E-state index contributed by atoms with van der Waals surface area (Å²) in [5.74, 6) is 2.42. The molecule has 2 heterocycles. The van der Waals surface area contributed by atoms with Gasteiger partial charge in [-0.05, 0) is 35.0 Å². The van der Waals surface area contributed by atoms with E-state index in [1.807, 2.05) is 30.3 Å². The minimum atomic E-state index is -0.0955. The molecule has 0 bridgehead atoms. The smallest absolute Gasteiger partial charge is 0.254 e. The van der Waals surface area contributed by atoms with Crippen molar-refractivity contribution in [2.24, 2.45) is 0 Å². The van der Waals surface area contributed by atoms with E-state index >= 15 is 0 Å². The molecule has 30 heavy (non-hydrogen) atoms. The molecule has 1 amide bonds. The Balaban J connectivity index is 1.97. The molecular weight excluding hydrogens is 384 g/mol. The predicted molar refractivity (Wildman–Crippen MR) is 114 cm³/mol. The Kier molecular flexibility index (Phi) is 4.06. The third-order valence-corrected chi connectivity index (χ3v) is 5.41. The molecule has 1 aromatic heterocycles. The highest BCUT2D eigenvalue weighted by molar-refractivity contribution is 6.24. The Hall–Kier alpha value is -3.74. The first-order valence-corrected chi connectivity index (χ1v) is 9.44. The Morgan fingerprint density at radius 2 is 1.63 bits per heavy atom. The van der Waals surface area contributed by atoms with Crippen molar-refractivity contribution in [3.63, 3.8) is 0 Å². The first-order valence-electron chi connectivity index (χ1n) is 9.44. The molecule has 0 saturated carbocycles. The number of benzene rings is 3. The number of carbonyl (C=O) groups excluding carboxylic acids is 1. The van der Waals surface area contributed by atoms with Gasteiger partial charge in [0.15, 0.2) is 23.0 Å². The number of pyridine rings is 1. The van der Waals surface area contributed by atoms with E-state index in [2.05, 4.69) is 4.98 Å². The van der Waals surface area contributed by atoms with Crippen LogP contribution in [-0.4, -0.2) is 50.9 Å². The molecule has 4 aromatic rings. The summed E-state index contributed by atoms with van der Waals surface area (Å²) in [5.41, 5.74) is 1.32. The minimum absolute atomic E-state index is 0.0955. The molecule has 0 unspecified atom stereocenters. The van der Waals surface area contributed by atoms with Gasteiger partial charge in [-0.2, -0.15) is 0 Å². The normalized spacial score (nSPS) is 12.5. The van der Waals surface area contributed by atoms with Gasteiger partial charge in [-0.3, -0.25) is 9.78 Å². The number of hydrogen-bond donors (Lipinski definition) is 0. The van der Waals surface area contributed by atoms with Crippen molar-refractivity contribution < 1.29 is 23.7 Å². The molecule has 7 nitrogen and oxygen atoms in total. The molecule has 1 aliphatic heterocycles. The number of methoxy groups -OCH3 is 2. The maximum atomic E-state index is 13.2. The van der Waals surface area contributed by atoms with Gasteiger partial charge in [0.05, 0.1) is 19.7 Å². The molecule has 0 atom stereocenters. The number of fused-ring (bicyclic) bond motifs is 6. The summed E-state index contributed by atoms with van der Waals surface area (Å²) in [6.45, 7) is 0.174. The van der Waals surface area contributed by atoms with Gasteiger partial charge in [-0.25, -0.2) is 0 Å². The Labute approximate surface area is 172 Å². The molecule has 0 radical (unpaired) electrons. The molecule has 152 valence electrons. The van der Waals surface area contributed by atoms with Gasteiger partial charge in [0.25, 0.3) is 5.91 Å². The van der Waals surface area contributed by atoms with Crippen molar-refractivity contribution in [2.45, 2.75) is 0 Å². The van der Waals surface area contributed by atoms with Crippen molar-refractivity contribution >= 4 is 38.4 Å². The van der Waals surface area contributed by atoms with Gasteiger partial charge < -0.3 is 23.8 Å². The highest BCUT2D eigenvalue weighted by Gasteiger charge is 2.22. The number of nitrogens with zero attached hydrogens (tertiary/aromatic N) is 2. The number of ether oxygens (including phenoxy) is 4. The fraction of sp³-hybridized carbons (Fsp3) is 0.217. The lowest BCUT2D eigenvalue weighted by atomic mass is 9.94. The van der Waals surface area contributed by atoms with E-state index in [9.17, 15) is 4.79 Å². The van der Waals surface area contributed by atoms with Crippen molar-refractivity contribution in [2.75, 3.05) is 35.1 Å². The van der Waals surface area contributed by atoms with E-state index in [4.69, 9.17) is 18.9 Å². The SMILES string of the molecule is COc1cc2cc(C(=O)N(C)C)c3c4cc5c(cc4ncc3c2cc1OC)OCO5. The summed E-state index contributed by atoms with van der Waals surface area (Å²) in [7, 11) is 6.68. The number of hydrogen-bond acceptors (Lipinski definition) is 6. The number of amides is 1. The Morgan fingerprint density at radius 3 is 2.33 bits per heavy atom. The van der Waals surface area contributed by atoms with Crippen LogP contribution in [0.1, 0.15) is 10.4 Å². The van der Waals surface area contributed by atoms with Crippen molar-refractivity contribution in [3.8, 4) is 23.0 Å². The zero-order valence-corrected chi connectivity index (χ0v) is 17.1. The second kappa shape index (κ2) is 6.66. The molecule has 5 rings (SSSR count). The molecule has 0 fully saturated rings.